The molecule has 0 saturated carbocycles. The van der Waals surface area contributed by atoms with Crippen LogP contribution in [-0.4, -0.2) is 57.6 Å². The lowest BCUT2D eigenvalue weighted by atomic mass is 10.2. The summed E-state index contributed by atoms with van der Waals surface area (Å²) in [6.45, 7) is 5.01. The third-order valence-electron chi connectivity index (χ3n) is 4.29. The summed E-state index contributed by atoms with van der Waals surface area (Å²) in [6, 6.07) is 3.91. The molecule has 0 radical (unpaired) electrons. The average Bonchev–Trinajstić information content (AvgIpc) is 3.33. The van der Waals surface area contributed by atoms with Crippen molar-refractivity contribution in [1.29, 1.82) is 0 Å². The molecule has 1 saturated heterocycles. The van der Waals surface area contributed by atoms with E-state index in [-0.39, 0.29) is 24.0 Å². The highest BCUT2D eigenvalue weighted by molar-refractivity contribution is 14.0. The van der Waals surface area contributed by atoms with Gasteiger partial charge in [0.25, 0.3) is 10.0 Å². The van der Waals surface area contributed by atoms with Crippen molar-refractivity contribution in [3.8, 4) is 0 Å². The van der Waals surface area contributed by atoms with E-state index in [4.69, 9.17) is 4.74 Å². The molecule has 0 unspecified atom stereocenters. The highest BCUT2D eigenvalue weighted by Crippen LogP contribution is 2.26. The molecule has 1 aliphatic carbocycles. The summed E-state index contributed by atoms with van der Waals surface area (Å²) in [5, 5.41) is 6.66. The molecule has 2 aliphatic rings. The summed E-state index contributed by atoms with van der Waals surface area (Å²) in [6.07, 6.45) is 6.35. The summed E-state index contributed by atoms with van der Waals surface area (Å²) >= 11 is 1.29. The lowest BCUT2D eigenvalue weighted by molar-refractivity contribution is 0.0731. The van der Waals surface area contributed by atoms with Crippen molar-refractivity contribution in [1.82, 2.24) is 14.9 Å². The van der Waals surface area contributed by atoms with Gasteiger partial charge in [-0.05, 0) is 31.9 Å². The highest BCUT2D eigenvalue weighted by Gasteiger charge is 2.27. The fourth-order valence-electron chi connectivity index (χ4n) is 2.90. The number of morpholine rings is 1. The van der Waals surface area contributed by atoms with E-state index >= 15 is 0 Å². The Bertz CT molecular complexity index is 750. The highest BCUT2D eigenvalue weighted by atomic mass is 127. The van der Waals surface area contributed by atoms with Crippen LogP contribution in [0, 0.1) is 0 Å². The smallest absolute Gasteiger partial charge is 0.252 e. The van der Waals surface area contributed by atoms with Gasteiger partial charge in [-0.15, -0.1) is 35.3 Å². The first-order valence-corrected chi connectivity index (χ1v) is 11.2. The number of hydrogen-bond donors (Lipinski definition) is 2. The SMILES string of the molecule is CCNC(=NCc1ccc(S(=O)(=O)N2CCOCC2)s1)NC1CC=CC1.I. The Hall–Kier alpha value is -0.690. The van der Waals surface area contributed by atoms with Gasteiger partial charge in [0.05, 0.1) is 19.8 Å². The van der Waals surface area contributed by atoms with E-state index in [2.05, 4.69) is 27.8 Å². The van der Waals surface area contributed by atoms with E-state index in [0.29, 0.717) is 43.1 Å². The number of ether oxygens (including phenoxy) is 1. The minimum Gasteiger partial charge on any atom is -0.379 e. The fraction of sp³-hybridized carbons (Fsp3) is 0.588. The average molecular weight is 526 g/mol. The van der Waals surface area contributed by atoms with E-state index in [1.165, 1.54) is 15.6 Å². The van der Waals surface area contributed by atoms with Crippen LogP contribution in [0.4, 0.5) is 0 Å². The van der Waals surface area contributed by atoms with Crippen LogP contribution in [0.5, 0.6) is 0 Å². The number of halogens is 1. The van der Waals surface area contributed by atoms with Crippen LogP contribution < -0.4 is 10.6 Å². The van der Waals surface area contributed by atoms with Crippen LogP contribution in [0.3, 0.4) is 0 Å². The van der Waals surface area contributed by atoms with Crippen molar-refractivity contribution in [3.05, 3.63) is 29.2 Å². The summed E-state index contributed by atoms with van der Waals surface area (Å²) in [4.78, 5) is 5.53. The zero-order valence-electron chi connectivity index (χ0n) is 15.4. The molecule has 2 heterocycles. The molecule has 10 heteroatoms. The first-order valence-electron chi connectivity index (χ1n) is 8.96. The van der Waals surface area contributed by atoms with E-state index < -0.39 is 10.0 Å². The van der Waals surface area contributed by atoms with Gasteiger partial charge in [0.2, 0.25) is 0 Å². The third kappa shape index (κ3) is 6.14. The molecule has 1 aromatic heterocycles. The van der Waals surface area contributed by atoms with Gasteiger partial charge < -0.3 is 15.4 Å². The Kier molecular flexibility index (Phi) is 8.99. The largest absolute Gasteiger partial charge is 0.379 e. The van der Waals surface area contributed by atoms with Gasteiger partial charge in [0, 0.05) is 30.6 Å². The number of guanidine groups is 1. The molecule has 1 aromatic rings. The molecule has 152 valence electrons. The fourth-order valence-corrected chi connectivity index (χ4v) is 5.74. The van der Waals surface area contributed by atoms with Crippen LogP contribution in [0.1, 0.15) is 24.6 Å². The second-order valence-electron chi connectivity index (χ2n) is 6.22. The minimum atomic E-state index is -3.42. The number of nitrogens with zero attached hydrogens (tertiary/aromatic N) is 2. The summed E-state index contributed by atoms with van der Waals surface area (Å²) in [7, 11) is -3.42. The van der Waals surface area contributed by atoms with Gasteiger partial charge >= 0.3 is 0 Å². The maximum atomic E-state index is 12.7. The van der Waals surface area contributed by atoms with Gasteiger partial charge in [0.1, 0.15) is 4.21 Å². The normalized spacial score (nSPS) is 19.1. The molecule has 3 rings (SSSR count). The molecule has 1 aliphatic heterocycles. The predicted octanol–water partition coefficient (Wildman–Crippen LogP) is 2.16. The molecular weight excluding hydrogens is 499 g/mol. The van der Waals surface area contributed by atoms with E-state index in [1.54, 1.807) is 6.07 Å². The van der Waals surface area contributed by atoms with E-state index in [0.717, 1.165) is 30.2 Å². The second kappa shape index (κ2) is 10.7. The molecule has 0 amide bonds. The van der Waals surface area contributed by atoms with Crippen molar-refractivity contribution >= 4 is 51.3 Å². The number of rotatable bonds is 6. The molecule has 0 bridgehead atoms. The minimum absolute atomic E-state index is 0. The van der Waals surface area contributed by atoms with Crippen LogP contribution in [0.15, 0.2) is 33.5 Å². The van der Waals surface area contributed by atoms with Gasteiger partial charge in [0.15, 0.2) is 5.96 Å². The quantitative estimate of drug-likeness (QED) is 0.257. The Balaban J connectivity index is 0.00000261. The Morgan fingerprint density at radius 2 is 2.00 bits per heavy atom. The molecule has 7 nitrogen and oxygen atoms in total. The topological polar surface area (TPSA) is 83.0 Å². The van der Waals surface area contributed by atoms with Crippen LogP contribution in [0.25, 0.3) is 0 Å². The second-order valence-corrected chi connectivity index (χ2v) is 9.55. The molecule has 0 atom stereocenters. The molecular formula is C17H27IN4O3S2. The van der Waals surface area contributed by atoms with Crippen molar-refractivity contribution < 1.29 is 13.2 Å². The number of hydrogen-bond acceptors (Lipinski definition) is 5. The number of aliphatic imine (C=N–C) groups is 1. The number of thiophene rings is 1. The molecule has 2 N–H and O–H groups in total. The number of nitrogens with one attached hydrogen (secondary N) is 2. The van der Waals surface area contributed by atoms with E-state index in [1.807, 2.05) is 13.0 Å². The first kappa shape index (κ1) is 22.6. The Morgan fingerprint density at radius 3 is 2.67 bits per heavy atom. The summed E-state index contributed by atoms with van der Waals surface area (Å²) in [5.74, 6) is 0.771. The van der Waals surface area contributed by atoms with Gasteiger partial charge in [-0.25, -0.2) is 13.4 Å². The van der Waals surface area contributed by atoms with Crippen molar-refractivity contribution in [2.24, 2.45) is 4.99 Å². The predicted molar refractivity (Wildman–Crippen MR) is 119 cm³/mol. The molecule has 0 aromatic carbocycles. The Morgan fingerprint density at radius 1 is 1.30 bits per heavy atom. The lowest BCUT2D eigenvalue weighted by Crippen LogP contribution is -2.42. The summed E-state index contributed by atoms with van der Waals surface area (Å²) in [5.41, 5.74) is 0. The standard InChI is InChI=1S/C17H26N4O3S2.HI/c1-2-18-17(20-14-5-3-4-6-14)19-13-15-7-8-16(25-15)26(22,23)21-9-11-24-12-10-21;/h3-4,7-8,14H,2,5-6,9-13H2,1H3,(H2,18,19,20);1H. The maximum Gasteiger partial charge on any atom is 0.252 e. The van der Waals surface area contributed by atoms with Crippen molar-refractivity contribution in [3.63, 3.8) is 0 Å². The van der Waals surface area contributed by atoms with Gasteiger partial charge in [-0.1, -0.05) is 12.2 Å². The zero-order chi connectivity index (χ0) is 18.4. The van der Waals surface area contributed by atoms with Crippen molar-refractivity contribution in [2.75, 3.05) is 32.8 Å². The van der Waals surface area contributed by atoms with Gasteiger partial charge in [-0.2, -0.15) is 4.31 Å². The maximum absolute atomic E-state index is 12.7. The van der Waals surface area contributed by atoms with E-state index in [9.17, 15) is 8.42 Å². The Labute approximate surface area is 182 Å². The van der Waals surface area contributed by atoms with Crippen LogP contribution >= 0.6 is 35.3 Å². The molecule has 27 heavy (non-hydrogen) atoms. The first-order chi connectivity index (χ1) is 12.6. The monoisotopic (exact) mass is 526 g/mol. The molecule has 1 fully saturated rings. The lowest BCUT2D eigenvalue weighted by Gasteiger charge is -2.25. The van der Waals surface area contributed by atoms with Crippen molar-refractivity contribution in [2.45, 2.75) is 36.6 Å². The number of sulfonamides is 1. The van der Waals surface area contributed by atoms with Crippen LogP contribution in [-0.2, 0) is 21.3 Å². The van der Waals surface area contributed by atoms with Crippen LogP contribution in [0.2, 0.25) is 0 Å². The summed E-state index contributed by atoms with van der Waals surface area (Å²) < 4.78 is 32.5. The third-order valence-corrected chi connectivity index (χ3v) is 7.72. The van der Waals surface area contributed by atoms with Gasteiger partial charge in [-0.3, -0.25) is 0 Å². The zero-order valence-corrected chi connectivity index (χ0v) is 19.4. The molecule has 0 spiro atoms.